The van der Waals surface area contributed by atoms with E-state index < -0.39 is 7.92 Å². The van der Waals surface area contributed by atoms with E-state index in [1.54, 1.807) is 5.56 Å². The molecule has 0 spiro atoms. The van der Waals surface area contributed by atoms with Crippen LogP contribution >= 0.6 is 30.5 Å². The minimum absolute atomic E-state index is 0.512. The number of benzene rings is 3. The first-order valence-corrected chi connectivity index (χ1v) is 18.3. The molecule has 0 saturated heterocycles. The molecule has 0 aliphatic carbocycles. The molecule has 0 bridgehead atoms. The Bertz CT molecular complexity index is 916. The van der Waals surface area contributed by atoms with E-state index in [1.807, 2.05) is 0 Å². The van der Waals surface area contributed by atoms with Crippen LogP contribution in [0.3, 0.4) is 0 Å². The Kier molecular flexibility index (Phi) is 17.1. The number of hydrogen-bond donors (Lipinski definition) is 0. The van der Waals surface area contributed by atoms with Gasteiger partial charge in [-0.2, -0.15) is 0 Å². The van der Waals surface area contributed by atoms with Gasteiger partial charge in [-0.3, -0.25) is 0 Å². The predicted octanol–water partition coefficient (Wildman–Crippen LogP) is 10.7. The lowest BCUT2D eigenvalue weighted by atomic mass is 10.0. The summed E-state index contributed by atoms with van der Waals surface area (Å²) in [6.07, 6.45) is 24.1. The van der Waals surface area contributed by atoms with E-state index in [9.17, 15) is 0 Å². The minimum atomic E-state index is -0.512. The monoisotopic (exact) mass is 640 g/mol. The van der Waals surface area contributed by atoms with Crippen molar-refractivity contribution in [1.82, 2.24) is 0 Å². The van der Waals surface area contributed by atoms with Crippen LogP contribution in [0, 0.1) is 0 Å². The molecule has 206 valence electrons. The van der Waals surface area contributed by atoms with Gasteiger partial charge in [0.25, 0.3) is 0 Å². The highest BCUT2D eigenvalue weighted by Crippen LogP contribution is 2.34. The van der Waals surface area contributed by atoms with Gasteiger partial charge in [-0.25, -0.2) is 0 Å². The fourth-order valence-corrected chi connectivity index (χ4v) is 8.45. The van der Waals surface area contributed by atoms with Crippen molar-refractivity contribution >= 4 is 46.4 Å². The zero-order valence-corrected chi connectivity index (χ0v) is 26.7. The van der Waals surface area contributed by atoms with Gasteiger partial charge in [-0.15, -0.1) is 0 Å². The molecular weight excluding hydrogens is 590 g/mol. The number of halogens is 1. The van der Waals surface area contributed by atoms with Gasteiger partial charge in [-0.1, -0.05) is 197 Å². The zero-order valence-electron chi connectivity index (χ0n) is 23.6. The largest absolute Gasteiger partial charge is 0.0864 e. The first-order valence-electron chi connectivity index (χ1n) is 15.4. The van der Waals surface area contributed by atoms with Crippen LogP contribution in [0.25, 0.3) is 0 Å². The van der Waals surface area contributed by atoms with Gasteiger partial charge in [-0.05, 0) is 53.1 Å². The smallest absolute Gasteiger partial charge is 0.000473 e. The Morgan fingerprint density at radius 3 is 1.21 bits per heavy atom. The highest BCUT2D eigenvalue weighted by Gasteiger charge is 2.18. The fraction of sp³-hybridized carbons (Fsp3) is 0.500. The molecule has 3 rings (SSSR count). The van der Waals surface area contributed by atoms with E-state index in [0.29, 0.717) is 0 Å². The van der Waals surface area contributed by atoms with Crippen molar-refractivity contribution in [1.29, 1.82) is 0 Å². The van der Waals surface area contributed by atoms with Crippen molar-refractivity contribution in [2.75, 3.05) is 4.43 Å². The SMILES string of the molecule is ICCCCCCCCCCCCCCCCCCc1ccccc1P(c1ccccc1)c1ccccc1. The summed E-state index contributed by atoms with van der Waals surface area (Å²) in [6, 6.07) is 31.5. The quantitative estimate of drug-likeness (QED) is 0.0471. The fourth-order valence-electron chi connectivity index (χ4n) is 5.41. The standard InChI is InChI=1S/C36H50IP/c37-32-24-14-12-10-8-6-4-2-1-3-5-7-9-11-13-17-25-33-26-22-23-31-36(33)38(34-27-18-15-19-28-34)35-29-20-16-21-30-35/h15-16,18-23,26-31H,1-14,17,24-25,32H2. The van der Waals surface area contributed by atoms with Crippen LogP contribution in [0.1, 0.15) is 108 Å². The average molecular weight is 641 g/mol. The second-order valence-corrected chi connectivity index (χ2v) is 14.0. The Labute approximate surface area is 249 Å². The van der Waals surface area contributed by atoms with Crippen molar-refractivity contribution in [3.05, 3.63) is 90.5 Å². The maximum atomic E-state index is 2.50. The summed E-state index contributed by atoms with van der Waals surface area (Å²) in [5.41, 5.74) is 1.55. The molecule has 0 saturated carbocycles. The molecule has 3 aromatic carbocycles. The average Bonchev–Trinajstić information content (AvgIpc) is 2.97. The number of aryl methyl sites for hydroxylation is 1. The van der Waals surface area contributed by atoms with E-state index in [-0.39, 0.29) is 0 Å². The van der Waals surface area contributed by atoms with Gasteiger partial charge in [0, 0.05) is 0 Å². The second kappa shape index (κ2) is 20.7. The molecular formula is C36H50IP. The van der Waals surface area contributed by atoms with E-state index in [2.05, 4.69) is 108 Å². The van der Waals surface area contributed by atoms with Crippen molar-refractivity contribution in [3.8, 4) is 0 Å². The summed E-state index contributed by atoms with van der Waals surface area (Å²) in [7, 11) is -0.512. The molecule has 0 amide bonds. The lowest BCUT2D eigenvalue weighted by molar-refractivity contribution is 0.530. The zero-order chi connectivity index (χ0) is 26.5. The molecule has 0 aliphatic rings. The van der Waals surface area contributed by atoms with Gasteiger partial charge in [0.05, 0.1) is 0 Å². The van der Waals surface area contributed by atoms with E-state index >= 15 is 0 Å². The Morgan fingerprint density at radius 1 is 0.395 bits per heavy atom. The van der Waals surface area contributed by atoms with Crippen LogP contribution in [-0.2, 0) is 6.42 Å². The second-order valence-electron chi connectivity index (χ2n) is 10.7. The highest BCUT2D eigenvalue weighted by atomic mass is 127. The molecule has 38 heavy (non-hydrogen) atoms. The summed E-state index contributed by atoms with van der Waals surface area (Å²) >= 11 is 2.50. The Balaban J connectivity index is 1.30. The van der Waals surface area contributed by atoms with Crippen LogP contribution in [0.4, 0.5) is 0 Å². The summed E-state index contributed by atoms with van der Waals surface area (Å²) in [5, 5.41) is 4.43. The van der Waals surface area contributed by atoms with Crippen LogP contribution in [0.5, 0.6) is 0 Å². The number of rotatable bonds is 21. The van der Waals surface area contributed by atoms with E-state index in [1.165, 1.54) is 129 Å². The molecule has 0 atom stereocenters. The summed E-state index contributed by atoms with van der Waals surface area (Å²) in [6.45, 7) is 0. The molecule has 0 nitrogen and oxygen atoms in total. The summed E-state index contributed by atoms with van der Waals surface area (Å²) < 4.78 is 1.33. The third-order valence-electron chi connectivity index (χ3n) is 7.59. The topological polar surface area (TPSA) is 0 Å². The maximum Gasteiger partial charge on any atom is -0.000473 e. The van der Waals surface area contributed by atoms with Gasteiger partial charge < -0.3 is 0 Å². The van der Waals surface area contributed by atoms with Gasteiger partial charge >= 0.3 is 0 Å². The summed E-state index contributed by atoms with van der Waals surface area (Å²) in [4.78, 5) is 0. The van der Waals surface area contributed by atoms with Crippen LogP contribution in [-0.4, -0.2) is 4.43 Å². The predicted molar refractivity (Wildman–Crippen MR) is 182 cm³/mol. The molecule has 0 fully saturated rings. The summed E-state index contributed by atoms with van der Waals surface area (Å²) in [5.74, 6) is 0. The minimum Gasteiger partial charge on any atom is -0.0864 e. The molecule has 0 unspecified atom stereocenters. The van der Waals surface area contributed by atoms with Gasteiger partial charge in [0.2, 0.25) is 0 Å². The molecule has 0 aromatic heterocycles. The van der Waals surface area contributed by atoms with E-state index in [0.717, 1.165) is 0 Å². The third-order valence-corrected chi connectivity index (χ3v) is 10.9. The van der Waals surface area contributed by atoms with Crippen molar-refractivity contribution in [2.45, 2.75) is 109 Å². The lowest BCUT2D eigenvalue weighted by Gasteiger charge is -2.22. The first-order chi connectivity index (χ1) is 18.9. The molecule has 0 N–H and O–H groups in total. The van der Waals surface area contributed by atoms with Crippen LogP contribution in [0.2, 0.25) is 0 Å². The lowest BCUT2D eigenvalue weighted by Crippen LogP contribution is -2.23. The Hall–Kier alpha value is -1.18. The van der Waals surface area contributed by atoms with Gasteiger partial charge in [0.15, 0.2) is 0 Å². The number of unbranched alkanes of at least 4 members (excludes halogenated alkanes) is 15. The molecule has 0 heterocycles. The molecule has 0 aliphatic heterocycles. The van der Waals surface area contributed by atoms with E-state index in [4.69, 9.17) is 0 Å². The van der Waals surface area contributed by atoms with Crippen molar-refractivity contribution in [2.24, 2.45) is 0 Å². The first kappa shape index (κ1) is 31.3. The Morgan fingerprint density at radius 2 is 0.763 bits per heavy atom. The third kappa shape index (κ3) is 12.3. The number of hydrogen-bond acceptors (Lipinski definition) is 0. The van der Waals surface area contributed by atoms with Crippen molar-refractivity contribution in [3.63, 3.8) is 0 Å². The van der Waals surface area contributed by atoms with Crippen molar-refractivity contribution < 1.29 is 0 Å². The molecule has 2 heteroatoms. The number of alkyl halides is 1. The van der Waals surface area contributed by atoms with Gasteiger partial charge in [0.1, 0.15) is 0 Å². The van der Waals surface area contributed by atoms with Crippen LogP contribution in [0.15, 0.2) is 84.9 Å². The normalized spacial score (nSPS) is 11.3. The molecule has 3 aromatic rings. The highest BCUT2D eigenvalue weighted by molar-refractivity contribution is 14.1. The van der Waals surface area contributed by atoms with Crippen LogP contribution < -0.4 is 15.9 Å². The maximum absolute atomic E-state index is 2.50. The molecule has 0 radical (unpaired) electrons.